The Balaban J connectivity index is -0.00000100. The number of rotatable bonds is 32. The number of hydrogen-bond donors (Lipinski definition) is 4. The van der Waals surface area contributed by atoms with Crippen LogP contribution in [0.25, 0.3) is 0 Å². The SMILES string of the molecule is COCCN(CCOC)C(=O)CCCCC(=O)N(CCO[Si](C)(C)C)CCO[Si](C)(C)C.C[Si](C)(C)Cl.O=C(CCCCC(=O)N(CCO)CCO)N(CCO)CCO. The summed E-state index contributed by atoms with van der Waals surface area (Å²) in [6, 6.07) is 0. The van der Waals surface area contributed by atoms with Gasteiger partial charge >= 0.3 is 0 Å². The standard InChI is InChI=1S/C22H48N2O6Si2.C14H28N2O6.C3H9ClSi/c1-27-17-13-23(14-18-28-2)21(25)11-9-10-12-22(26)24(15-19-29-31(3,4)5)16-20-30-32(6,7)8;17-9-5-15(6-10-18)13(21)3-1-2-4-14(22)16(7-11-19)8-12-20;1-5(2,3)4/h9-20H2,1-8H3;17-20H,1-12H2;1-3H3. The van der Waals surface area contributed by atoms with Crippen molar-refractivity contribution >= 4 is 58.7 Å². The second-order valence-corrected chi connectivity index (χ2v) is 33.4. The van der Waals surface area contributed by atoms with Crippen molar-refractivity contribution < 1.29 is 57.9 Å². The molecule has 0 atom stereocenters. The van der Waals surface area contributed by atoms with E-state index in [1.54, 1.807) is 19.1 Å². The van der Waals surface area contributed by atoms with Gasteiger partial charge in [-0.2, -0.15) is 11.1 Å². The molecule has 0 aliphatic rings. The van der Waals surface area contributed by atoms with E-state index in [1.807, 2.05) is 4.90 Å². The average molecular weight is 922 g/mol. The molecule has 0 spiro atoms. The van der Waals surface area contributed by atoms with Gasteiger partial charge in [-0.25, -0.2) is 0 Å². The average Bonchev–Trinajstić information content (AvgIpc) is 3.12. The number of unbranched alkanes of at least 4 members (excludes halogenated alkanes) is 2. The molecule has 0 aromatic rings. The van der Waals surface area contributed by atoms with E-state index < -0.39 is 24.0 Å². The minimum absolute atomic E-state index is 0.0791. The molecule has 0 fully saturated rings. The second-order valence-electron chi connectivity index (χ2n) is 16.8. The van der Waals surface area contributed by atoms with E-state index in [0.29, 0.717) is 91.1 Å². The Hall–Kier alpha value is -1.50. The van der Waals surface area contributed by atoms with Crippen LogP contribution in [0.5, 0.6) is 0 Å². The lowest BCUT2D eigenvalue weighted by Crippen LogP contribution is -2.40. The molecule has 0 radical (unpaired) electrons. The van der Waals surface area contributed by atoms with Crippen molar-refractivity contribution in [3.05, 3.63) is 0 Å². The van der Waals surface area contributed by atoms with Crippen LogP contribution in [0.2, 0.25) is 58.9 Å². The van der Waals surface area contributed by atoms with Crippen LogP contribution < -0.4 is 0 Å². The smallest absolute Gasteiger partial charge is 0.222 e. The van der Waals surface area contributed by atoms with E-state index in [9.17, 15) is 19.2 Å². The summed E-state index contributed by atoms with van der Waals surface area (Å²) in [6.07, 6.45) is 3.81. The molecule has 0 aromatic carbocycles. The van der Waals surface area contributed by atoms with Crippen molar-refractivity contribution in [1.82, 2.24) is 19.6 Å². The third kappa shape index (κ3) is 43.0. The number of carbonyl (C=O) groups excluding carboxylic acids is 4. The maximum atomic E-state index is 12.8. The largest absolute Gasteiger partial charge is 0.416 e. The lowest BCUT2D eigenvalue weighted by molar-refractivity contribution is -0.134. The first-order valence-electron chi connectivity index (χ1n) is 21.0. The van der Waals surface area contributed by atoms with Crippen LogP contribution in [0.3, 0.4) is 0 Å². The van der Waals surface area contributed by atoms with E-state index in [4.69, 9.17) is 49.8 Å². The molecule has 352 valence electrons. The van der Waals surface area contributed by atoms with Gasteiger partial charge in [0.2, 0.25) is 23.6 Å². The van der Waals surface area contributed by atoms with Gasteiger partial charge in [-0.15, -0.1) is 0 Å². The first kappa shape index (κ1) is 61.8. The number of halogens is 1. The highest BCUT2D eigenvalue weighted by molar-refractivity contribution is 7.18. The molecule has 0 bridgehead atoms. The van der Waals surface area contributed by atoms with Gasteiger partial charge in [-0.1, -0.05) is 19.6 Å². The highest BCUT2D eigenvalue weighted by Gasteiger charge is 2.20. The molecular formula is C39H85ClN4O12Si3. The Morgan fingerprint density at radius 2 is 0.627 bits per heavy atom. The number of nitrogens with zero attached hydrogens (tertiary/aromatic N) is 4. The highest BCUT2D eigenvalue weighted by Crippen LogP contribution is 2.10. The van der Waals surface area contributed by atoms with Gasteiger partial charge in [-0.05, 0) is 65.0 Å². The van der Waals surface area contributed by atoms with E-state index in [0.717, 1.165) is 0 Å². The predicted molar refractivity (Wildman–Crippen MR) is 243 cm³/mol. The van der Waals surface area contributed by atoms with Gasteiger partial charge in [0, 0.05) is 92.3 Å². The van der Waals surface area contributed by atoms with Gasteiger partial charge < -0.3 is 58.4 Å². The van der Waals surface area contributed by atoms with Gasteiger partial charge in [0.15, 0.2) is 16.6 Å². The molecule has 0 saturated heterocycles. The fourth-order valence-corrected chi connectivity index (χ4v) is 6.40. The fraction of sp³-hybridized carbons (Fsp3) is 0.897. The first-order chi connectivity index (χ1) is 27.5. The quantitative estimate of drug-likeness (QED) is 0.0437. The first-order valence-corrected chi connectivity index (χ1v) is 32.3. The highest BCUT2D eigenvalue weighted by atomic mass is 35.6. The van der Waals surface area contributed by atoms with Crippen LogP contribution >= 0.6 is 11.1 Å². The normalized spacial score (nSPS) is 11.5. The van der Waals surface area contributed by atoms with E-state index in [2.05, 4.69) is 58.9 Å². The summed E-state index contributed by atoms with van der Waals surface area (Å²) in [5.41, 5.74) is 0. The minimum Gasteiger partial charge on any atom is -0.416 e. The van der Waals surface area contributed by atoms with Crippen LogP contribution in [0.1, 0.15) is 51.4 Å². The molecule has 0 heterocycles. The predicted octanol–water partition coefficient (Wildman–Crippen LogP) is 3.43. The third-order valence-electron chi connectivity index (χ3n) is 7.88. The molecule has 0 aliphatic heterocycles. The fourth-order valence-electron chi connectivity index (χ4n) is 4.99. The Morgan fingerprint density at radius 1 is 0.424 bits per heavy atom. The third-order valence-corrected chi connectivity index (χ3v) is 10.0. The summed E-state index contributed by atoms with van der Waals surface area (Å²) in [4.78, 5) is 55.4. The topological polar surface area (TPSA) is 199 Å². The Kier molecular flexibility index (Phi) is 38.8. The zero-order chi connectivity index (χ0) is 45.9. The van der Waals surface area contributed by atoms with Crippen molar-refractivity contribution in [3.63, 3.8) is 0 Å². The van der Waals surface area contributed by atoms with Crippen LogP contribution in [0, 0.1) is 0 Å². The summed E-state index contributed by atoms with van der Waals surface area (Å²) in [6.45, 7) is 23.7. The molecule has 0 aliphatic carbocycles. The van der Waals surface area contributed by atoms with Crippen molar-refractivity contribution in [2.75, 3.05) is 119 Å². The molecule has 16 nitrogen and oxygen atoms in total. The number of carbonyl (C=O) groups is 4. The molecule has 0 unspecified atom stereocenters. The Morgan fingerprint density at radius 3 is 0.814 bits per heavy atom. The van der Waals surface area contributed by atoms with Crippen molar-refractivity contribution in [1.29, 1.82) is 0 Å². The zero-order valence-electron chi connectivity index (χ0n) is 38.7. The molecule has 20 heteroatoms. The van der Waals surface area contributed by atoms with Crippen LogP contribution in [0.15, 0.2) is 0 Å². The summed E-state index contributed by atoms with van der Waals surface area (Å²) >= 11 is 5.67. The van der Waals surface area contributed by atoms with Crippen molar-refractivity contribution in [2.45, 2.75) is 110 Å². The monoisotopic (exact) mass is 921 g/mol. The van der Waals surface area contributed by atoms with Crippen LogP contribution in [-0.2, 0) is 37.5 Å². The number of amides is 4. The van der Waals surface area contributed by atoms with E-state index >= 15 is 0 Å². The van der Waals surface area contributed by atoms with Gasteiger partial charge in [-0.3, -0.25) is 19.2 Å². The maximum absolute atomic E-state index is 12.8. The lowest BCUT2D eigenvalue weighted by Gasteiger charge is -2.27. The molecule has 59 heavy (non-hydrogen) atoms. The van der Waals surface area contributed by atoms with Gasteiger partial charge in [0.05, 0.1) is 52.9 Å². The molecule has 0 rings (SSSR count). The number of methoxy groups -OCH3 is 2. The van der Waals surface area contributed by atoms with Crippen molar-refractivity contribution in [2.24, 2.45) is 0 Å². The molecule has 0 aromatic heterocycles. The lowest BCUT2D eigenvalue weighted by atomic mass is 10.1. The van der Waals surface area contributed by atoms with Crippen LogP contribution in [0.4, 0.5) is 0 Å². The Bertz CT molecular complexity index is 1010. The molecular weight excluding hydrogens is 836 g/mol. The summed E-state index contributed by atoms with van der Waals surface area (Å²) in [7, 11) is -1.12. The summed E-state index contributed by atoms with van der Waals surface area (Å²) < 4.78 is 22.1. The summed E-state index contributed by atoms with van der Waals surface area (Å²) in [5, 5.41) is 35.4. The number of ether oxygens (including phenoxy) is 2. The van der Waals surface area contributed by atoms with Gasteiger partial charge in [0.25, 0.3) is 0 Å². The number of aliphatic hydroxyl groups excluding tert-OH is 4. The molecule has 4 N–H and O–H groups in total. The molecule has 0 saturated carbocycles. The second kappa shape index (κ2) is 37.1. The number of aliphatic hydroxyl groups is 4. The van der Waals surface area contributed by atoms with Gasteiger partial charge in [0.1, 0.15) is 7.38 Å². The minimum atomic E-state index is -1.62. The maximum Gasteiger partial charge on any atom is 0.222 e. The van der Waals surface area contributed by atoms with E-state index in [-0.39, 0.29) is 89.1 Å². The van der Waals surface area contributed by atoms with Crippen LogP contribution in [-0.4, -0.2) is 207 Å². The Labute approximate surface area is 364 Å². The van der Waals surface area contributed by atoms with Crippen molar-refractivity contribution in [3.8, 4) is 0 Å². The molecule has 4 amide bonds. The zero-order valence-corrected chi connectivity index (χ0v) is 42.4. The van der Waals surface area contributed by atoms with E-state index in [1.165, 1.54) is 9.80 Å². The number of hydrogen-bond acceptors (Lipinski definition) is 12. The summed E-state index contributed by atoms with van der Waals surface area (Å²) in [5.74, 6) is -0.127.